The third kappa shape index (κ3) is 5.86. The zero-order valence-electron chi connectivity index (χ0n) is 20.4. The number of rotatable bonds is 3. The predicted octanol–water partition coefficient (Wildman–Crippen LogP) is 4.53. The summed E-state index contributed by atoms with van der Waals surface area (Å²) in [5.74, 6) is -2.60. The molecule has 0 aliphatic carbocycles. The highest BCUT2D eigenvalue weighted by molar-refractivity contribution is 9.10. The van der Waals surface area contributed by atoms with Crippen LogP contribution < -0.4 is 0 Å². The first-order valence-electron chi connectivity index (χ1n) is 12.0. The summed E-state index contributed by atoms with van der Waals surface area (Å²) in [6.45, 7) is 5.32. The van der Waals surface area contributed by atoms with Crippen molar-refractivity contribution in [3.05, 3.63) is 75.6 Å². The molecule has 2 aliphatic rings. The van der Waals surface area contributed by atoms with Crippen molar-refractivity contribution in [2.45, 2.75) is 44.9 Å². The zero-order chi connectivity index (χ0) is 25.8. The van der Waals surface area contributed by atoms with Crippen LogP contribution in [0.2, 0.25) is 0 Å². The van der Waals surface area contributed by atoms with Gasteiger partial charge in [-0.3, -0.25) is 0 Å². The molecule has 3 aromatic rings. The number of likely N-dealkylation sites (tertiary alicyclic amines) is 1. The minimum Gasteiger partial charge on any atom is -0.473 e. The number of halogens is 1. The number of aromatic nitrogens is 2. The summed E-state index contributed by atoms with van der Waals surface area (Å²) in [6.07, 6.45) is 3.33. The molecule has 9 heteroatoms. The molecule has 2 N–H and O–H groups in total. The molecule has 0 amide bonds. The highest BCUT2D eigenvalue weighted by Gasteiger charge is 2.32. The summed E-state index contributed by atoms with van der Waals surface area (Å²) in [6, 6.07) is 17.2. The molecule has 3 heterocycles. The van der Waals surface area contributed by atoms with Gasteiger partial charge in [0, 0.05) is 35.4 Å². The number of carbonyl (C=O) groups is 2. The van der Waals surface area contributed by atoms with Crippen LogP contribution in [0.15, 0.2) is 53.0 Å². The third-order valence-corrected chi connectivity index (χ3v) is 7.25. The van der Waals surface area contributed by atoms with Crippen molar-refractivity contribution in [1.82, 2.24) is 14.5 Å². The van der Waals surface area contributed by atoms with Gasteiger partial charge in [0.2, 0.25) is 0 Å². The van der Waals surface area contributed by atoms with Crippen LogP contribution in [-0.2, 0) is 27.3 Å². The van der Waals surface area contributed by atoms with Crippen LogP contribution in [0.3, 0.4) is 0 Å². The van der Waals surface area contributed by atoms with E-state index in [2.05, 4.69) is 87.9 Å². The number of benzene rings is 2. The number of piperidine rings is 1. The molecule has 1 saturated heterocycles. The monoisotopic (exact) mass is 555 g/mol. The number of hydrogen-bond donors (Lipinski definition) is 2. The van der Waals surface area contributed by atoms with E-state index in [0.717, 1.165) is 60.5 Å². The van der Waals surface area contributed by atoms with Gasteiger partial charge < -0.3 is 24.4 Å². The van der Waals surface area contributed by atoms with Crippen LogP contribution in [0, 0.1) is 6.92 Å². The average Bonchev–Trinajstić information content (AvgIpc) is 3.10. The van der Waals surface area contributed by atoms with Crippen LogP contribution in [-0.4, -0.2) is 62.8 Å². The molecule has 2 aliphatic heterocycles. The molecule has 2 aromatic carbocycles. The number of aliphatic carboxylic acids is 2. The number of carboxylic acid groups (broad SMARTS) is 2. The lowest BCUT2D eigenvalue weighted by molar-refractivity contribution is -0.159. The number of ether oxygens (including phenoxy) is 1. The van der Waals surface area contributed by atoms with Crippen molar-refractivity contribution in [2.75, 3.05) is 20.1 Å². The summed E-state index contributed by atoms with van der Waals surface area (Å²) in [4.78, 5) is 25.8. The first kappa shape index (κ1) is 26.1. The molecular formula is C27H30BrN3O5. The lowest BCUT2D eigenvalue weighted by Gasteiger charge is -2.32. The largest absolute Gasteiger partial charge is 0.473 e. The Morgan fingerprint density at radius 2 is 1.64 bits per heavy atom. The average molecular weight is 556 g/mol. The molecule has 1 unspecified atom stereocenters. The molecule has 0 saturated carbocycles. The van der Waals surface area contributed by atoms with Crippen molar-refractivity contribution < 1.29 is 24.5 Å². The van der Waals surface area contributed by atoms with Gasteiger partial charge in [-0.1, -0.05) is 52.3 Å². The van der Waals surface area contributed by atoms with Gasteiger partial charge in [0.25, 0.3) is 0 Å². The normalized spacial score (nSPS) is 17.8. The Morgan fingerprint density at radius 1 is 1.00 bits per heavy atom. The molecule has 1 fully saturated rings. The van der Waals surface area contributed by atoms with Crippen molar-refractivity contribution in [1.29, 1.82) is 0 Å². The third-order valence-electron chi connectivity index (χ3n) is 6.72. The number of aryl methyl sites for hydroxylation is 1. The van der Waals surface area contributed by atoms with Crippen molar-refractivity contribution in [3.8, 4) is 11.3 Å². The van der Waals surface area contributed by atoms with E-state index in [1.54, 1.807) is 0 Å². The maximum atomic E-state index is 9.10. The van der Waals surface area contributed by atoms with E-state index in [1.165, 1.54) is 16.8 Å². The molecule has 190 valence electrons. The number of nitrogens with zero attached hydrogens (tertiary/aromatic N) is 3. The highest BCUT2D eigenvalue weighted by Crippen LogP contribution is 2.37. The second-order valence-corrected chi connectivity index (χ2v) is 10.1. The van der Waals surface area contributed by atoms with E-state index in [-0.39, 0.29) is 12.2 Å². The minimum absolute atomic E-state index is 0.111. The molecule has 1 aromatic heterocycles. The van der Waals surface area contributed by atoms with E-state index in [4.69, 9.17) is 29.5 Å². The standard InChI is InChI=1S/C25H28BrN3O.C2H2O4/c1-17-23(19-7-9-20(26)10-8-19)27-25-24(30-21-12-14-28(2)15-13-21)22-6-4-3-5-18(22)11-16-29(17)25;3-1(4)2(5)6/h3-10,21,24H,11-16H2,1-2H3;(H,3,4)(H,5,6). The second kappa shape index (κ2) is 11.4. The Hall–Kier alpha value is -3.01. The van der Waals surface area contributed by atoms with Crippen molar-refractivity contribution in [2.24, 2.45) is 0 Å². The topological polar surface area (TPSA) is 105 Å². The lowest BCUT2D eigenvalue weighted by atomic mass is 10.00. The summed E-state index contributed by atoms with van der Waals surface area (Å²) in [5, 5.41) is 14.8. The fraction of sp³-hybridized carbons (Fsp3) is 0.370. The number of carboxylic acids is 2. The molecule has 5 rings (SSSR count). The van der Waals surface area contributed by atoms with E-state index < -0.39 is 11.9 Å². The fourth-order valence-corrected chi connectivity index (χ4v) is 5.02. The lowest BCUT2D eigenvalue weighted by Crippen LogP contribution is -2.35. The van der Waals surface area contributed by atoms with E-state index in [9.17, 15) is 0 Å². The number of hydrogen-bond acceptors (Lipinski definition) is 5. The zero-order valence-corrected chi connectivity index (χ0v) is 21.9. The summed E-state index contributed by atoms with van der Waals surface area (Å²) < 4.78 is 10.3. The van der Waals surface area contributed by atoms with Gasteiger partial charge in [-0.15, -0.1) is 0 Å². The van der Waals surface area contributed by atoms with E-state index in [1.807, 2.05) is 0 Å². The fourth-order valence-electron chi connectivity index (χ4n) is 4.76. The van der Waals surface area contributed by atoms with Gasteiger partial charge in [-0.25, -0.2) is 14.6 Å². The van der Waals surface area contributed by atoms with Gasteiger partial charge >= 0.3 is 11.9 Å². The Kier molecular flexibility index (Phi) is 8.23. The summed E-state index contributed by atoms with van der Waals surface area (Å²) in [5.41, 5.74) is 6.10. The van der Waals surface area contributed by atoms with Crippen LogP contribution in [0.1, 0.15) is 41.6 Å². The number of imidazole rings is 1. The highest BCUT2D eigenvalue weighted by atomic mass is 79.9. The minimum atomic E-state index is -1.82. The Balaban J connectivity index is 0.000000455. The molecule has 1 atom stereocenters. The van der Waals surface area contributed by atoms with Gasteiger partial charge in [0.15, 0.2) is 0 Å². The maximum absolute atomic E-state index is 9.10. The Morgan fingerprint density at radius 3 is 2.28 bits per heavy atom. The van der Waals surface area contributed by atoms with Crippen LogP contribution in [0.25, 0.3) is 11.3 Å². The van der Waals surface area contributed by atoms with Gasteiger partial charge in [-0.2, -0.15) is 0 Å². The van der Waals surface area contributed by atoms with Gasteiger partial charge in [-0.05, 0) is 56.5 Å². The maximum Gasteiger partial charge on any atom is 0.414 e. The van der Waals surface area contributed by atoms with Crippen LogP contribution in [0.5, 0.6) is 0 Å². The van der Waals surface area contributed by atoms with Crippen LogP contribution >= 0.6 is 15.9 Å². The first-order valence-corrected chi connectivity index (χ1v) is 12.7. The molecule has 36 heavy (non-hydrogen) atoms. The summed E-state index contributed by atoms with van der Waals surface area (Å²) >= 11 is 3.54. The van der Waals surface area contributed by atoms with Gasteiger partial charge in [0.05, 0.1) is 11.8 Å². The molecule has 0 spiro atoms. The first-order chi connectivity index (χ1) is 17.2. The smallest absolute Gasteiger partial charge is 0.414 e. The van der Waals surface area contributed by atoms with Crippen molar-refractivity contribution >= 4 is 27.9 Å². The molecule has 8 nitrogen and oxygen atoms in total. The van der Waals surface area contributed by atoms with E-state index in [0.29, 0.717) is 0 Å². The van der Waals surface area contributed by atoms with E-state index >= 15 is 0 Å². The van der Waals surface area contributed by atoms with Gasteiger partial charge in [0.1, 0.15) is 11.9 Å². The number of fused-ring (bicyclic) bond motifs is 2. The Labute approximate surface area is 218 Å². The second-order valence-electron chi connectivity index (χ2n) is 9.14. The van der Waals surface area contributed by atoms with Crippen molar-refractivity contribution in [3.63, 3.8) is 0 Å². The van der Waals surface area contributed by atoms with Crippen LogP contribution in [0.4, 0.5) is 0 Å². The summed E-state index contributed by atoms with van der Waals surface area (Å²) in [7, 11) is 2.19. The molecular weight excluding hydrogens is 526 g/mol. The SMILES string of the molecule is Cc1c(-c2ccc(Br)cc2)nc2n1CCc1ccccc1C2OC1CCN(C)CC1.O=C(O)C(=O)O. The molecule has 0 radical (unpaired) electrons. The Bertz CT molecular complexity index is 1220. The molecule has 0 bridgehead atoms. The predicted molar refractivity (Wildman–Crippen MR) is 139 cm³/mol. The quantitative estimate of drug-likeness (QED) is 0.457.